The van der Waals surface area contributed by atoms with E-state index in [4.69, 9.17) is 0 Å². The number of H-pyrrole nitrogens is 1. The smallest absolute Gasteiger partial charge is 0.263 e. The Labute approximate surface area is 97.1 Å². The third-order valence-electron chi connectivity index (χ3n) is 2.71. The molecular formula is C12H10N4O. The van der Waals surface area contributed by atoms with Gasteiger partial charge in [0, 0.05) is 18.0 Å². The van der Waals surface area contributed by atoms with E-state index in [1.807, 2.05) is 6.07 Å². The Balaban J connectivity index is 2.09. The molecule has 3 rings (SSSR count). The van der Waals surface area contributed by atoms with Crippen LogP contribution in [0.2, 0.25) is 0 Å². The maximum atomic E-state index is 12.2. The lowest BCUT2D eigenvalue weighted by atomic mass is 10.2. The molecule has 0 amide bonds. The number of fused-ring (bicyclic) bond motifs is 1. The van der Waals surface area contributed by atoms with Gasteiger partial charge in [-0.3, -0.25) is 9.36 Å². The van der Waals surface area contributed by atoms with Crippen LogP contribution in [0.5, 0.6) is 0 Å². The second-order valence-corrected chi connectivity index (χ2v) is 3.78. The van der Waals surface area contributed by atoms with Crippen molar-refractivity contribution >= 4 is 16.9 Å². The van der Waals surface area contributed by atoms with Crippen LogP contribution >= 0.6 is 0 Å². The van der Waals surface area contributed by atoms with Gasteiger partial charge >= 0.3 is 0 Å². The van der Waals surface area contributed by atoms with Crippen molar-refractivity contribution < 1.29 is 4.79 Å². The molecule has 0 unspecified atom stereocenters. The summed E-state index contributed by atoms with van der Waals surface area (Å²) in [5, 5.41) is 0. The van der Waals surface area contributed by atoms with E-state index in [2.05, 4.69) is 15.0 Å². The minimum atomic E-state index is -0.0866. The molecule has 3 aromatic rings. The largest absolute Gasteiger partial charge is 0.345 e. The summed E-state index contributed by atoms with van der Waals surface area (Å²) in [6, 6.07) is 5.39. The van der Waals surface area contributed by atoms with Gasteiger partial charge in [-0.1, -0.05) is 0 Å². The first-order valence-corrected chi connectivity index (χ1v) is 5.23. The van der Waals surface area contributed by atoms with Gasteiger partial charge < -0.3 is 4.98 Å². The number of hydrogen-bond donors (Lipinski definition) is 1. The van der Waals surface area contributed by atoms with E-state index >= 15 is 0 Å². The summed E-state index contributed by atoms with van der Waals surface area (Å²) < 4.78 is 1.53. The zero-order valence-corrected chi connectivity index (χ0v) is 9.21. The molecule has 0 bridgehead atoms. The monoisotopic (exact) mass is 226 g/mol. The first-order chi connectivity index (χ1) is 8.25. The highest BCUT2D eigenvalue weighted by atomic mass is 16.2. The lowest BCUT2D eigenvalue weighted by Crippen LogP contribution is -2.12. The number of nitrogens with zero attached hydrogens (tertiary/aromatic N) is 3. The minimum absolute atomic E-state index is 0.0866. The number of aromatic amines is 1. The standard InChI is InChI=1S/C12H10N4O/c1-8-13-4-5-16(8)12(17)9-2-3-10-11(6-9)15-7-14-10/h2-7H,1H3,(H,14,15). The first kappa shape index (κ1) is 9.77. The van der Waals surface area contributed by atoms with E-state index in [9.17, 15) is 4.79 Å². The van der Waals surface area contributed by atoms with E-state index in [0.29, 0.717) is 11.4 Å². The van der Waals surface area contributed by atoms with Crippen molar-refractivity contribution in [3.8, 4) is 0 Å². The zero-order valence-electron chi connectivity index (χ0n) is 9.21. The molecule has 0 fully saturated rings. The van der Waals surface area contributed by atoms with E-state index in [1.54, 1.807) is 37.8 Å². The van der Waals surface area contributed by atoms with E-state index in [0.717, 1.165) is 11.0 Å². The predicted octanol–water partition coefficient (Wildman–Crippen LogP) is 1.76. The average molecular weight is 226 g/mol. The van der Waals surface area contributed by atoms with Crippen molar-refractivity contribution in [1.82, 2.24) is 19.5 Å². The van der Waals surface area contributed by atoms with Crippen LogP contribution in [0.4, 0.5) is 0 Å². The molecule has 0 saturated heterocycles. The van der Waals surface area contributed by atoms with Gasteiger partial charge in [0.25, 0.3) is 5.91 Å². The number of nitrogens with one attached hydrogen (secondary N) is 1. The predicted molar refractivity (Wildman–Crippen MR) is 62.8 cm³/mol. The summed E-state index contributed by atoms with van der Waals surface area (Å²) >= 11 is 0. The Morgan fingerprint density at radius 1 is 1.35 bits per heavy atom. The van der Waals surface area contributed by atoms with Crippen molar-refractivity contribution in [3.05, 3.63) is 48.3 Å². The SMILES string of the molecule is Cc1nccn1C(=O)c1ccc2nc[nH]c2c1. The highest BCUT2D eigenvalue weighted by Crippen LogP contribution is 2.13. The Hall–Kier alpha value is -2.43. The highest BCUT2D eigenvalue weighted by Gasteiger charge is 2.11. The molecule has 5 nitrogen and oxygen atoms in total. The highest BCUT2D eigenvalue weighted by molar-refractivity contribution is 5.98. The fraction of sp³-hybridized carbons (Fsp3) is 0.0833. The van der Waals surface area contributed by atoms with Crippen LogP contribution in [0.3, 0.4) is 0 Å². The number of hydrogen-bond acceptors (Lipinski definition) is 3. The summed E-state index contributed by atoms with van der Waals surface area (Å²) in [4.78, 5) is 23.3. The van der Waals surface area contributed by atoms with Crippen molar-refractivity contribution in [3.63, 3.8) is 0 Å². The van der Waals surface area contributed by atoms with Gasteiger partial charge in [0.1, 0.15) is 5.82 Å². The second kappa shape index (κ2) is 3.55. The normalized spacial score (nSPS) is 10.9. The third-order valence-corrected chi connectivity index (χ3v) is 2.71. The molecule has 2 aromatic heterocycles. The fourth-order valence-electron chi connectivity index (χ4n) is 1.80. The van der Waals surface area contributed by atoms with E-state index < -0.39 is 0 Å². The molecule has 0 aliphatic heterocycles. The molecule has 0 saturated carbocycles. The topological polar surface area (TPSA) is 63.6 Å². The third kappa shape index (κ3) is 1.52. The molecule has 1 N–H and O–H groups in total. The van der Waals surface area contributed by atoms with Gasteiger partial charge in [0.2, 0.25) is 0 Å². The molecule has 1 aromatic carbocycles. The first-order valence-electron chi connectivity index (χ1n) is 5.23. The molecule has 2 heterocycles. The molecule has 0 aliphatic carbocycles. The lowest BCUT2D eigenvalue weighted by Gasteiger charge is -2.03. The summed E-state index contributed by atoms with van der Waals surface area (Å²) in [5.74, 6) is 0.594. The summed E-state index contributed by atoms with van der Waals surface area (Å²) in [6.45, 7) is 1.80. The van der Waals surface area contributed by atoms with Crippen LogP contribution < -0.4 is 0 Å². The number of imidazole rings is 2. The van der Waals surface area contributed by atoms with Crippen LogP contribution in [-0.4, -0.2) is 25.4 Å². The molecule has 0 spiro atoms. The Kier molecular flexibility index (Phi) is 2.04. The van der Waals surface area contributed by atoms with Crippen LogP contribution in [0, 0.1) is 6.92 Å². The van der Waals surface area contributed by atoms with Crippen LogP contribution in [0.25, 0.3) is 11.0 Å². The van der Waals surface area contributed by atoms with Crippen LogP contribution in [0.1, 0.15) is 16.2 Å². The maximum absolute atomic E-state index is 12.2. The summed E-state index contributed by atoms with van der Waals surface area (Å²) in [5.41, 5.74) is 2.32. The molecule has 0 radical (unpaired) electrons. The van der Waals surface area contributed by atoms with Gasteiger partial charge in [0.05, 0.1) is 17.4 Å². The number of aryl methyl sites for hydroxylation is 1. The Morgan fingerprint density at radius 3 is 3.00 bits per heavy atom. The number of carbonyl (C=O) groups excluding carboxylic acids is 1. The fourth-order valence-corrected chi connectivity index (χ4v) is 1.80. The Morgan fingerprint density at radius 2 is 2.24 bits per heavy atom. The van der Waals surface area contributed by atoms with E-state index in [1.165, 1.54) is 4.57 Å². The van der Waals surface area contributed by atoms with Gasteiger partial charge in [-0.15, -0.1) is 0 Å². The molecular weight excluding hydrogens is 216 g/mol. The van der Waals surface area contributed by atoms with Gasteiger partial charge in [0.15, 0.2) is 0 Å². The Bertz CT molecular complexity index is 695. The lowest BCUT2D eigenvalue weighted by molar-refractivity contribution is 0.0958. The summed E-state index contributed by atoms with van der Waals surface area (Å²) in [7, 11) is 0. The van der Waals surface area contributed by atoms with Gasteiger partial charge in [-0.25, -0.2) is 9.97 Å². The second-order valence-electron chi connectivity index (χ2n) is 3.78. The van der Waals surface area contributed by atoms with Crippen molar-refractivity contribution in [2.24, 2.45) is 0 Å². The number of carbonyl (C=O) groups is 1. The number of benzene rings is 1. The molecule has 0 atom stereocenters. The van der Waals surface area contributed by atoms with Crippen LogP contribution in [0.15, 0.2) is 36.9 Å². The van der Waals surface area contributed by atoms with E-state index in [-0.39, 0.29) is 5.91 Å². The molecule has 5 heteroatoms. The van der Waals surface area contributed by atoms with Crippen LogP contribution in [-0.2, 0) is 0 Å². The number of rotatable bonds is 1. The van der Waals surface area contributed by atoms with Crippen molar-refractivity contribution in [2.45, 2.75) is 6.92 Å². The van der Waals surface area contributed by atoms with Gasteiger partial charge in [-0.05, 0) is 25.1 Å². The molecule has 84 valence electrons. The summed E-state index contributed by atoms with van der Waals surface area (Å²) in [6.07, 6.45) is 4.89. The zero-order chi connectivity index (χ0) is 11.8. The molecule has 0 aliphatic rings. The van der Waals surface area contributed by atoms with Crippen molar-refractivity contribution in [2.75, 3.05) is 0 Å². The average Bonchev–Trinajstić information content (AvgIpc) is 2.95. The van der Waals surface area contributed by atoms with Gasteiger partial charge in [-0.2, -0.15) is 0 Å². The number of aromatic nitrogens is 4. The van der Waals surface area contributed by atoms with Crippen molar-refractivity contribution in [1.29, 1.82) is 0 Å². The molecule has 17 heavy (non-hydrogen) atoms. The maximum Gasteiger partial charge on any atom is 0.263 e. The quantitative estimate of drug-likeness (QED) is 0.687. The minimum Gasteiger partial charge on any atom is -0.345 e.